The molecule has 82 valence electrons. The first kappa shape index (κ1) is 12.0. The first-order valence-electron chi connectivity index (χ1n) is 4.49. The summed E-state index contributed by atoms with van der Waals surface area (Å²) < 4.78 is 5.11. The van der Waals surface area contributed by atoms with Gasteiger partial charge in [0, 0.05) is 11.4 Å². The van der Waals surface area contributed by atoms with Gasteiger partial charge >= 0.3 is 0 Å². The van der Waals surface area contributed by atoms with Crippen molar-refractivity contribution in [1.29, 1.82) is 0 Å². The zero-order chi connectivity index (χ0) is 11.5. The summed E-state index contributed by atoms with van der Waals surface area (Å²) in [5.74, 6) is 0.613. The molecule has 0 radical (unpaired) electrons. The van der Waals surface area contributed by atoms with Gasteiger partial charge in [-0.25, -0.2) is 0 Å². The molecule has 0 aliphatic rings. The first-order chi connectivity index (χ1) is 6.98. The number of aliphatic hydroxyl groups is 1. The fraction of sp³-hybridized carbons (Fsp3) is 0.364. The van der Waals surface area contributed by atoms with Gasteiger partial charge in [0.1, 0.15) is 11.4 Å². The molecule has 0 saturated carbocycles. The molecule has 3 nitrogen and oxygen atoms in total. The highest BCUT2D eigenvalue weighted by molar-refractivity contribution is 6.30. The molecule has 15 heavy (non-hydrogen) atoms. The average molecular weight is 229 g/mol. The van der Waals surface area contributed by atoms with Crippen LogP contribution in [0, 0.1) is 0 Å². The molecule has 1 atom stereocenters. The third-order valence-corrected chi connectivity index (χ3v) is 2.28. The highest BCUT2D eigenvalue weighted by Crippen LogP contribution is 2.25. The van der Waals surface area contributed by atoms with Crippen LogP contribution in [0.25, 0.3) is 0 Å². The SMILES string of the molecule is COc1ccc(Cl)cc1CC(C)(O)C=O. The number of hydrogen-bond donors (Lipinski definition) is 1. The van der Waals surface area contributed by atoms with Crippen molar-refractivity contribution in [1.82, 2.24) is 0 Å². The zero-order valence-corrected chi connectivity index (χ0v) is 9.41. The Hall–Kier alpha value is -1.06. The van der Waals surface area contributed by atoms with Crippen molar-refractivity contribution in [3.05, 3.63) is 28.8 Å². The molecule has 0 amide bonds. The van der Waals surface area contributed by atoms with E-state index in [4.69, 9.17) is 16.3 Å². The van der Waals surface area contributed by atoms with E-state index in [2.05, 4.69) is 0 Å². The molecule has 0 bridgehead atoms. The van der Waals surface area contributed by atoms with Crippen LogP contribution in [0.5, 0.6) is 5.75 Å². The fourth-order valence-corrected chi connectivity index (χ4v) is 1.51. The minimum Gasteiger partial charge on any atom is -0.496 e. The molecule has 1 unspecified atom stereocenters. The van der Waals surface area contributed by atoms with Crippen LogP contribution >= 0.6 is 11.6 Å². The number of methoxy groups -OCH3 is 1. The van der Waals surface area contributed by atoms with Gasteiger partial charge in [-0.2, -0.15) is 0 Å². The largest absolute Gasteiger partial charge is 0.496 e. The Morgan fingerprint density at radius 3 is 2.80 bits per heavy atom. The van der Waals surface area contributed by atoms with Crippen molar-refractivity contribution in [2.24, 2.45) is 0 Å². The Kier molecular flexibility index (Phi) is 3.72. The normalized spacial score (nSPS) is 14.4. The molecule has 1 rings (SSSR count). The number of benzene rings is 1. The molecule has 0 heterocycles. The Labute approximate surface area is 93.6 Å². The molecule has 0 aromatic heterocycles. The van der Waals surface area contributed by atoms with Crippen molar-refractivity contribution in [2.75, 3.05) is 7.11 Å². The van der Waals surface area contributed by atoms with E-state index in [1.807, 2.05) is 0 Å². The number of carbonyl (C=O) groups excluding carboxylic acids is 1. The van der Waals surface area contributed by atoms with Gasteiger partial charge < -0.3 is 14.6 Å². The summed E-state index contributed by atoms with van der Waals surface area (Å²) in [6, 6.07) is 5.08. The number of hydrogen-bond acceptors (Lipinski definition) is 3. The van der Waals surface area contributed by atoms with Gasteiger partial charge in [-0.05, 0) is 30.7 Å². The maximum absolute atomic E-state index is 10.6. The van der Waals surface area contributed by atoms with Gasteiger partial charge in [0.2, 0.25) is 0 Å². The summed E-state index contributed by atoms with van der Waals surface area (Å²) in [5.41, 5.74) is -0.681. The van der Waals surface area contributed by atoms with Crippen LogP contribution in [0.2, 0.25) is 5.02 Å². The quantitative estimate of drug-likeness (QED) is 0.800. The third kappa shape index (κ3) is 3.22. The summed E-state index contributed by atoms with van der Waals surface area (Å²) in [4.78, 5) is 10.6. The molecule has 1 aromatic carbocycles. The van der Waals surface area contributed by atoms with E-state index in [1.165, 1.54) is 14.0 Å². The van der Waals surface area contributed by atoms with Crippen LogP contribution in [0.3, 0.4) is 0 Å². The molecule has 0 fully saturated rings. The lowest BCUT2D eigenvalue weighted by Crippen LogP contribution is -2.28. The molecule has 1 aromatic rings. The number of carbonyl (C=O) groups is 1. The molecule has 0 aliphatic carbocycles. The first-order valence-corrected chi connectivity index (χ1v) is 4.87. The lowest BCUT2D eigenvalue weighted by Gasteiger charge is -2.17. The molecular weight excluding hydrogens is 216 g/mol. The second-order valence-corrected chi connectivity index (χ2v) is 4.04. The van der Waals surface area contributed by atoms with Gasteiger partial charge in [-0.15, -0.1) is 0 Å². The van der Waals surface area contributed by atoms with E-state index in [0.29, 0.717) is 22.6 Å². The Morgan fingerprint density at radius 2 is 2.27 bits per heavy atom. The standard InChI is InChI=1S/C11H13ClO3/c1-11(14,7-13)6-8-5-9(12)3-4-10(8)15-2/h3-5,7,14H,6H2,1-2H3. The molecule has 0 saturated heterocycles. The number of aldehydes is 1. The predicted octanol–water partition coefficient (Wildman–Crippen LogP) is 1.84. The minimum atomic E-state index is -1.39. The maximum Gasteiger partial charge on any atom is 0.151 e. The van der Waals surface area contributed by atoms with E-state index in [9.17, 15) is 9.90 Å². The lowest BCUT2D eigenvalue weighted by molar-refractivity contribution is -0.122. The van der Waals surface area contributed by atoms with Gasteiger partial charge in [0.05, 0.1) is 7.11 Å². The van der Waals surface area contributed by atoms with Gasteiger partial charge in [-0.1, -0.05) is 11.6 Å². The maximum atomic E-state index is 10.6. The van der Waals surface area contributed by atoms with E-state index in [1.54, 1.807) is 18.2 Å². The van der Waals surface area contributed by atoms with E-state index in [0.717, 1.165) is 0 Å². The molecule has 1 N–H and O–H groups in total. The number of ether oxygens (including phenoxy) is 1. The van der Waals surface area contributed by atoms with Crippen LogP contribution in [-0.2, 0) is 11.2 Å². The van der Waals surface area contributed by atoms with Gasteiger partial charge in [0.15, 0.2) is 6.29 Å². The highest BCUT2D eigenvalue weighted by atomic mass is 35.5. The lowest BCUT2D eigenvalue weighted by atomic mass is 9.97. The van der Waals surface area contributed by atoms with Crippen molar-refractivity contribution >= 4 is 17.9 Å². The Morgan fingerprint density at radius 1 is 1.60 bits per heavy atom. The second kappa shape index (κ2) is 4.64. The monoisotopic (exact) mass is 228 g/mol. The van der Waals surface area contributed by atoms with Crippen molar-refractivity contribution in [3.63, 3.8) is 0 Å². The summed E-state index contributed by atoms with van der Waals surface area (Å²) in [7, 11) is 1.53. The minimum absolute atomic E-state index is 0.181. The van der Waals surface area contributed by atoms with Crippen LogP contribution in [-0.4, -0.2) is 24.1 Å². The van der Waals surface area contributed by atoms with E-state index in [-0.39, 0.29) is 6.42 Å². The Bertz CT molecular complexity index is 361. The Balaban J connectivity index is 3.02. The third-order valence-electron chi connectivity index (χ3n) is 2.04. The molecule has 0 aliphatic heterocycles. The summed E-state index contributed by atoms with van der Waals surface area (Å²) in [5, 5.41) is 10.2. The van der Waals surface area contributed by atoms with Crippen molar-refractivity contribution < 1.29 is 14.6 Å². The second-order valence-electron chi connectivity index (χ2n) is 3.61. The topological polar surface area (TPSA) is 46.5 Å². The van der Waals surface area contributed by atoms with Gasteiger partial charge in [-0.3, -0.25) is 0 Å². The highest BCUT2D eigenvalue weighted by Gasteiger charge is 2.21. The van der Waals surface area contributed by atoms with E-state index < -0.39 is 5.60 Å². The number of rotatable bonds is 4. The number of halogens is 1. The summed E-state index contributed by atoms with van der Waals surface area (Å²) in [6.07, 6.45) is 0.688. The van der Waals surface area contributed by atoms with Crippen LogP contribution < -0.4 is 4.74 Å². The smallest absolute Gasteiger partial charge is 0.151 e. The molecule has 0 spiro atoms. The van der Waals surface area contributed by atoms with Crippen molar-refractivity contribution in [3.8, 4) is 5.75 Å². The van der Waals surface area contributed by atoms with Crippen LogP contribution in [0.4, 0.5) is 0 Å². The van der Waals surface area contributed by atoms with Crippen LogP contribution in [0.1, 0.15) is 12.5 Å². The van der Waals surface area contributed by atoms with Gasteiger partial charge in [0.25, 0.3) is 0 Å². The summed E-state index contributed by atoms with van der Waals surface area (Å²) >= 11 is 5.82. The van der Waals surface area contributed by atoms with Crippen LogP contribution in [0.15, 0.2) is 18.2 Å². The van der Waals surface area contributed by atoms with Crippen molar-refractivity contribution in [2.45, 2.75) is 18.9 Å². The predicted molar refractivity (Wildman–Crippen MR) is 58.4 cm³/mol. The molecular formula is C11H13ClO3. The van der Waals surface area contributed by atoms with E-state index >= 15 is 0 Å². The summed E-state index contributed by atoms with van der Waals surface area (Å²) in [6.45, 7) is 1.44. The zero-order valence-electron chi connectivity index (χ0n) is 8.66. The fourth-order valence-electron chi connectivity index (χ4n) is 1.31. The molecule has 4 heteroatoms. The average Bonchev–Trinajstić information content (AvgIpc) is 2.18.